The first kappa shape index (κ1) is 18.8. The lowest BCUT2D eigenvalue weighted by Crippen LogP contribution is -2.30. The molecule has 0 aliphatic carbocycles. The first-order valence-corrected chi connectivity index (χ1v) is 9.78. The van der Waals surface area contributed by atoms with Crippen molar-refractivity contribution in [1.82, 2.24) is 25.3 Å². The van der Waals surface area contributed by atoms with Gasteiger partial charge in [-0.05, 0) is 42.7 Å². The van der Waals surface area contributed by atoms with Gasteiger partial charge in [0.1, 0.15) is 5.82 Å². The largest absolute Gasteiger partial charge is 0.344 e. The SMILES string of the molecule is CSCCC(NC(=O)c1cccnc1)c1cc(=O)[nH]c(-c2cccnc2)n1. The Morgan fingerprint density at radius 2 is 2.00 bits per heavy atom. The second-order valence-corrected chi connectivity index (χ2v) is 6.80. The van der Waals surface area contributed by atoms with Gasteiger partial charge in [-0.3, -0.25) is 19.6 Å². The molecular weight excluding hydrogens is 362 g/mol. The number of H-pyrrole nitrogens is 1. The lowest BCUT2D eigenvalue weighted by molar-refractivity contribution is 0.0934. The van der Waals surface area contributed by atoms with Crippen LogP contribution < -0.4 is 10.9 Å². The van der Waals surface area contributed by atoms with Gasteiger partial charge in [0, 0.05) is 36.4 Å². The van der Waals surface area contributed by atoms with Crippen LogP contribution in [-0.4, -0.2) is 37.9 Å². The molecule has 7 nitrogen and oxygen atoms in total. The Morgan fingerprint density at radius 3 is 2.67 bits per heavy atom. The molecule has 3 heterocycles. The maximum Gasteiger partial charge on any atom is 0.253 e. The van der Waals surface area contributed by atoms with Crippen molar-refractivity contribution in [2.45, 2.75) is 12.5 Å². The molecule has 27 heavy (non-hydrogen) atoms. The van der Waals surface area contributed by atoms with E-state index in [1.54, 1.807) is 48.6 Å². The van der Waals surface area contributed by atoms with E-state index < -0.39 is 0 Å². The Kier molecular flexibility index (Phi) is 6.32. The van der Waals surface area contributed by atoms with Gasteiger partial charge in [0.2, 0.25) is 0 Å². The number of rotatable bonds is 7. The van der Waals surface area contributed by atoms with Crippen LogP contribution in [0, 0.1) is 0 Å². The molecule has 0 bridgehead atoms. The second-order valence-electron chi connectivity index (χ2n) is 5.81. The zero-order valence-corrected chi connectivity index (χ0v) is 15.6. The standard InChI is InChI=1S/C19H19N5O2S/c1-27-9-6-15(23-19(26)14-5-3-8-21-12-14)16-10-17(25)24-18(22-16)13-4-2-7-20-11-13/h2-5,7-8,10-12,15H,6,9H2,1H3,(H,23,26)(H,22,24,25). The fraction of sp³-hybridized carbons (Fsp3) is 0.211. The van der Waals surface area contributed by atoms with E-state index in [1.165, 1.54) is 12.3 Å². The maximum absolute atomic E-state index is 12.5. The van der Waals surface area contributed by atoms with Gasteiger partial charge >= 0.3 is 0 Å². The van der Waals surface area contributed by atoms with Gasteiger partial charge in [0.15, 0.2) is 0 Å². The molecule has 0 spiro atoms. The minimum absolute atomic E-state index is 0.251. The molecule has 3 rings (SSSR count). The molecule has 1 unspecified atom stereocenters. The highest BCUT2D eigenvalue weighted by Gasteiger charge is 2.19. The number of nitrogens with one attached hydrogen (secondary N) is 2. The topological polar surface area (TPSA) is 101 Å². The van der Waals surface area contributed by atoms with Crippen molar-refractivity contribution in [2.75, 3.05) is 12.0 Å². The van der Waals surface area contributed by atoms with Crippen LogP contribution in [0.4, 0.5) is 0 Å². The highest BCUT2D eigenvalue weighted by molar-refractivity contribution is 7.98. The smallest absolute Gasteiger partial charge is 0.253 e. The maximum atomic E-state index is 12.5. The van der Waals surface area contributed by atoms with Crippen molar-refractivity contribution >= 4 is 17.7 Å². The molecule has 0 radical (unpaired) electrons. The van der Waals surface area contributed by atoms with Gasteiger partial charge in [-0.15, -0.1) is 0 Å². The first-order chi connectivity index (χ1) is 13.2. The summed E-state index contributed by atoms with van der Waals surface area (Å²) in [6.45, 7) is 0. The summed E-state index contributed by atoms with van der Waals surface area (Å²) in [5.74, 6) is 0.990. The van der Waals surface area contributed by atoms with Crippen LogP contribution in [0.2, 0.25) is 0 Å². The minimum atomic E-state index is -0.386. The first-order valence-electron chi connectivity index (χ1n) is 8.39. The van der Waals surface area contributed by atoms with E-state index in [-0.39, 0.29) is 17.5 Å². The molecule has 0 fully saturated rings. The van der Waals surface area contributed by atoms with E-state index in [1.807, 2.05) is 12.3 Å². The molecule has 1 amide bonds. The van der Waals surface area contributed by atoms with E-state index in [4.69, 9.17) is 0 Å². The Morgan fingerprint density at radius 1 is 1.22 bits per heavy atom. The molecule has 3 aromatic heterocycles. The molecule has 0 aliphatic rings. The van der Waals surface area contributed by atoms with Crippen LogP contribution in [0.1, 0.15) is 28.5 Å². The Balaban J connectivity index is 1.91. The summed E-state index contributed by atoms with van der Waals surface area (Å²) in [5, 5.41) is 2.97. The van der Waals surface area contributed by atoms with Crippen LogP contribution in [0.25, 0.3) is 11.4 Å². The quantitative estimate of drug-likeness (QED) is 0.652. The fourth-order valence-corrected chi connectivity index (χ4v) is 3.03. The average Bonchev–Trinajstić information content (AvgIpc) is 2.71. The Hall–Kier alpha value is -3.00. The normalized spacial score (nSPS) is 11.7. The van der Waals surface area contributed by atoms with Crippen molar-refractivity contribution in [2.24, 2.45) is 0 Å². The van der Waals surface area contributed by atoms with Crippen LogP contribution >= 0.6 is 11.8 Å². The van der Waals surface area contributed by atoms with Crippen LogP contribution in [-0.2, 0) is 0 Å². The van der Waals surface area contributed by atoms with Gasteiger partial charge in [0.25, 0.3) is 11.5 Å². The monoisotopic (exact) mass is 381 g/mol. The van der Waals surface area contributed by atoms with Crippen molar-refractivity contribution < 1.29 is 4.79 Å². The molecular formula is C19H19N5O2S. The summed E-state index contributed by atoms with van der Waals surface area (Å²) in [6.07, 6.45) is 9.05. The van der Waals surface area contributed by atoms with E-state index >= 15 is 0 Å². The summed E-state index contributed by atoms with van der Waals surface area (Å²) in [6, 6.07) is 8.03. The van der Waals surface area contributed by atoms with Crippen LogP contribution in [0.15, 0.2) is 59.9 Å². The number of hydrogen-bond donors (Lipinski definition) is 2. The number of carbonyl (C=O) groups is 1. The number of thioether (sulfide) groups is 1. The third kappa shape index (κ3) is 5.01. The lowest BCUT2D eigenvalue weighted by Gasteiger charge is -2.18. The van der Waals surface area contributed by atoms with E-state index in [0.717, 1.165) is 5.75 Å². The Bertz CT molecular complexity index is 947. The van der Waals surface area contributed by atoms with Crippen molar-refractivity contribution in [3.8, 4) is 11.4 Å². The zero-order chi connectivity index (χ0) is 19.1. The van der Waals surface area contributed by atoms with Crippen LogP contribution in [0.5, 0.6) is 0 Å². The number of aromatic nitrogens is 4. The number of hydrogen-bond acceptors (Lipinski definition) is 6. The molecule has 8 heteroatoms. The third-order valence-corrected chi connectivity index (χ3v) is 4.54. The molecule has 2 N–H and O–H groups in total. The van der Waals surface area contributed by atoms with Gasteiger partial charge in [-0.1, -0.05) is 0 Å². The zero-order valence-electron chi connectivity index (χ0n) is 14.8. The molecule has 3 aromatic rings. The number of aromatic amines is 1. The van der Waals surface area contributed by atoms with Gasteiger partial charge < -0.3 is 10.3 Å². The summed E-state index contributed by atoms with van der Waals surface area (Å²) >= 11 is 1.66. The summed E-state index contributed by atoms with van der Waals surface area (Å²) < 4.78 is 0. The van der Waals surface area contributed by atoms with Gasteiger partial charge in [-0.25, -0.2) is 4.98 Å². The number of carbonyl (C=O) groups excluding carboxylic acids is 1. The van der Waals surface area contributed by atoms with E-state index in [0.29, 0.717) is 29.1 Å². The molecule has 0 saturated heterocycles. The highest BCUT2D eigenvalue weighted by Crippen LogP contribution is 2.19. The number of nitrogens with zero attached hydrogens (tertiary/aromatic N) is 3. The molecule has 0 aliphatic heterocycles. The van der Waals surface area contributed by atoms with Crippen molar-refractivity contribution in [3.63, 3.8) is 0 Å². The van der Waals surface area contributed by atoms with E-state index in [2.05, 4.69) is 25.3 Å². The molecule has 1 atom stereocenters. The van der Waals surface area contributed by atoms with Gasteiger partial charge in [0.05, 0.1) is 17.3 Å². The highest BCUT2D eigenvalue weighted by atomic mass is 32.2. The fourth-order valence-electron chi connectivity index (χ4n) is 2.56. The molecule has 138 valence electrons. The predicted octanol–water partition coefficient (Wildman–Crippen LogP) is 2.45. The van der Waals surface area contributed by atoms with Crippen molar-refractivity contribution in [1.29, 1.82) is 0 Å². The number of pyridine rings is 2. The van der Waals surface area contributed by atoms with Crippen LogP contribution in [0.3, 0.4) is 0 Å². The van der Waals surface area contributed by atoms with E-state index in [9.17, 15) is 9.59 Å². The molecule has 0 saturated carbocycles. The number of amides is 1. The molecule has 0 aromatic carbocycles. The lowest BCUT2D eigenvalue weighted by atomic mass is 10.1. The third-order valence-electron chi connectivity index (χ3n) is 3.89. The summed E-state index contributed by atoms with van der Waals surface area (Å²) in [7, 11) is 0. The average molecular weight is 381 g/mol. The van der Waals surface area contributed by atoms with Gasteiger partial charge in [-0.2, -0.15) is 11.8 Å². The minimum Gasteiger partial charge on any atom is -0.344 e. The summed E-state index contributed by atoms with van der Waals surface area (Å²) in [5.41, 5.74) is 1.41. The van der Waals surface area contributed by atoms with Crippen molar-refractivity contribution in [3.05, 3.63) is 76.7 Å². The summed E-state index contributed by atoms with van der Waals surface area (Å²) in [4.78, 5) is 40.1. The Labute approximate surface area is 160 Å². The second kappa shape index (κ2) is 9.09. The predicted molar refractivity (Wildman–Crippen MR) is 106 cm³/mol.